The Balaban J connectivity index is 2.17. The van der Waals surface area contributed by atoms with Crippen molar-refractivity contribution in [2.45, 2.75) is 31.5 Å². The summed E-state index contributed by atoms with van der Waals surface area (Å²) in [6.45, 7) is 1.80. The number of hydrogen-bond donors (Lipinski definition) is 1. The lowest BCUT2D eigenvalue weighted by Crippen LogP contribution is -2.48. The van der Waals surface area contributed by atoms with Crippen molar-refractivity contribution < 1.29 is 9.66 Å². The van der Waals surface area contributed by atoms with Crippen molar-refractivity contribution in [3.63, 3.8) is 0 Å². The van der Waals surface area contributed by atoms with E-state index < -0.39 is 0 Å². The molecule has 0 aliphatic carbocycles. The molecular formula is C14H20ClN3O3. The van der Waals surface area contributed by atoms with Gasteiger partial charge in [0, 0.05) is 49.4 Å². The number of rotatable bonds is 5. The van der Waals surface area contributed by atoms with Crippen LogP contribution < -0.4 is 5.73 Å². The minimum absolute atomic E-state index is 0.101. The summed E-state index contributed by atoms with van der Waals surface area (Å²) in [5.74, 6) is 0. The zero-order valence-corrected chi connectivity index (χ0v) is 12.8. The van der Waals surface area contributed by atoms with E-state index in [9.17, 15) is 10.1 Å². The SMILES string of the molecule is COC1CCN(Cc2cc(Cl)ccc2[N+](=O)[O-])C(CN)C1. The molecule has 0 amide bonds. The van der Waals surface area contributed by atoms with Gasteiger partial charge in [0.15, 0.2) is 0 Å². The number of benzene rings is 1. The van der Waals surface area contributed by atoms with Gasteiger partial charge in [-0.2, -0.15) is 0 Å². The van der Waals surface area contributed by atoms with Gasteiger partial charge in [-0.1, -0.05) is 11.6 Å². The molecule has 1 fully saturated rings. The first kappa shape index (κ1) is 16.2. The van der Waals surface area contributed by atoms with Gasteiger partial charge in [-0.3, -0.25) is 15.0 Å². The highest BCUT2D eigenvalue weighted by molar-refractivity contribution is 6.30. The highest BCUT2D eigenvalue weighted by Gasteiger charge is 2.29. The fraction of sp³-hybridized carbons (Fsp3) is 0.571. The number of piperidine rings is 1. The standard InChI is InChI=1S/C14H20ClN3O3/c1-21-13-4-5-17(12(7-13)8-16)9-10-6-11(15)2-3-14(10)18(19)20/h2-3,6,12-13H,4-5,7-9,16H2,1H3. The van der Waals surface area contributed by atoms with E-state index in [0.29, 0.717) is 23.7 Å². The van der Waals surface area contributed by atoms with Gasteiger partial charge in [0.05, 0.1) is 11.0 Å². The molecular weight excluding hydrogens is 294 g/mol. The van der Waals surface area contributed by atoms with Crippen molar-refractivity contribution in [2.75, 3.05) is 20.2 Å². The Morgan fingerprint density at radius 3 is 2.95 bits per heavy atom. The number of ether oxygens (including phenoxy) is 1. The van der Waals surface area contributed by atoms with E-state index in [1.54, 1.807) is 19.2 Å². The second-order valence-electron chi connectivity index (χ2n) is 5.27. The van der Waals surface area contributed by atoms with Crippen molar-refractivity contribution >= 4 is 17.3 Å². The molecule has 7 heteroatoms. The van der Waals surface area contributed by atoms with Crippen molar-refractivity contribution in [2.24, 2.45) is 5.73 Å². The zero-order chi connectivity index (χ0) is 15.4. The molecule has 1 aromatic carbocycles. The van der Waals surface area contributed by atoms with Gasteiger partial charge in [-0.15, -0.1) is 0 Å². The number of nitrogens with two attached hydrogens (primary N) is 1. The maximum Gasteiger partial charge on any atom is 0.273 e. The van der Waals surface area contributed by atoms with Crippen LogP contribution >= 0.6 is 11.6 Å². The lowest BCUT2D eigenvalue weighted by molar-refractivity contribution is -0.385. The van der Waals surface area contributed by atoms with E-state index in [1.165, 1.54) is 6.07 Å². The molecule has 116 valence electrons. The molecule has 2 atom stereocenters. The highest BCUT2D eigenvalue weighted by atomic mass is 35.5. The number of nitro benzene ring substituents is 1. The van der Waals surface area contributed by atoms with Gasteiger partial charge >= 0.3 is 0 Å². The molecule has 0 aromatic heterocycles. The minimum atomic E-state index is -0.370. The number of hydrogen-bond acceptors (Lipinski definition) is 5. The Morgan fingerprint density at radius 2 is 2.33 bits per heavy atom. The van der Waals surface area contributed by atoms with Crippen LogP contribution in [0.25, 0.3) is 0 Å². The summed E-state index contributed by atoms with van der Waals surface area (Å²) in [6.07, 6.45) is 1.96. The number of methoxy groups -OCH3 is 1. The molecule has 6 nitrogen and oxygen atoms in total. The molecule has 0 saturated carbocycles. The largest absolute Gasteiger partial charge is 0.381 e. The quantitative estimate of drug-likeness (QED) is 0.665. The van der Waals surface area contributed by atoms with Crippen LogP contribution in [0.3, 0.4) is 0 Å². The lowest BCUT2D eigenvalue weighted by Gasteiger charge is -2.38. The van der Waals surface area contributed by atoms with Crippen LogP contribution in [0, 0.1) is 10.1 Å². The predicted octanol–water partition coefficient (Wildman–Crippen LogP) is 2.19. The van der Waals surface area contributed by atoms with E-state index in [-0.39, 0.29) is 22.8 Å². The highest BCUT2D eigenvalue weighted by Crippen LogP contribution is 2.27. The summed E-state index contributed by atoms with van der Waals surface area (Å²) in [5, 5.41) is 11.6. The third-order valence-electron chi connectivity index (χ3n) is 4.01. The van der Waals surface area contributed by atoms with Crippen LogP contribution in [-0.2, 0) is 11.3 Å². The van der Waals surface area contributed by atoms with Gasteiger partial charge in [0.1, 0.15) is 0 Å². The molecule has 0 bridgehead atoms. The number of nitro groups is 1. The molecule has 2 N–H and O–H groups in total. The van der Waals surface area contributed by atoms with E-state index in [1.807, 2.05) is 0 Å². The van der Waals surface area contributed by atoms with E-state index in [0.717, 1.165) is 19.4 Å². The van der Waals surface area contributed by atoms with Crippen LogP contribution in [0.4, 0.5) is 5.69 Å². The molecule has 1 aromatic rings. The Morgan fingerprint density at radius 1 is 1.57 bits per heavy atom. The van der Waals surface area contributed by atoms with Gasteiger partial charge in [-0.25, -0.2) is 0 Å². The van der Waals surface area contributed by atoms with Crippen molar-refractivity contribution in [3.8, 4) is 0 Å². The van der Waals surface area contributed by atoms with Crippen LogP contribution in [-0.4, -0.2) is 42.2 Å². The summed E-state index contributed by atoms with van der Waals surface area (Å²) < 4.78 is 5.39. The summed E-state index contributed by atoms with van der Waals surface area (Å²) in [7, 11) is 1.70. The third-order valence-corrected chi connectivity index (χ3v) is 4.24. The Hall–Kier alpha value is -1.21. The fourth-order valence-electron chi connectivity index (χ4n) is 2.81. The monoisotopic (exact) mass is 313 g/mol. The van der Waals surface area contributed by atoms with E-state index in [4.69, 9.17) is 22.1 Å². The summed E-state index contributed by atoms with van der Waals surface area (Å²) in [4.78, 5) is 12.9. The van der Waals surface area contributed by atoms with Crippen LogP contribution in [0.5, 0.6) is 0 Å². The first-order valence-corrected chi connectivity index (χ1v) is 7.32. The average molecular weight is 314 g/mol. The van der Waals surface area contributed by atoms with Crippen LogP contribution in [0.1, 0.15) is 18.4 Å². The van der Waals surface area contributed by atoms with Crippen LogP contribution in [0.2, 0.25) is 5.02 Å². The van der Waals surface area contributed by atoms with Crippen LogP contribution in [0.15, 0.2) is 18.2 Å². The first-order chi connectivity index (χ1) is 10.0. The zero-order valence-electron chi connectivity index (χ0n) is 12.0. The molecule has 0 spiro atoms. The smallest absolute Gasteiger partial charge is 0.273 e. The second kappa shape index (κ2) is 7.17. The topological polar surface area (TPSA) is 81.6 Å². The second-order valence-corrected chi connectivity index (χ2v) is 5.71. The first-order valence-electron chi connectivity index (χ1n) is 6.95. The summed E-state index contributed by atoms with van der Waals surface area (Å²) in [6, 6.07) is 4.83. The van der Waals surface area contributed by atoms with Gasteiger partial charge in [-0.05, 0) is 25.0 Å². The predicted molar refractivity (Wildman–Crippen MR) is 81.4 cm³/mol. The maximum atomic E-state index is 11.1. The molecule has 2 unspecified atom stereocenters. The molecule has 0 radical (unpaired) electrons. The van der Waals surface area contributed by atoms with Crippen molar-refractivity contribution in [3.05, 3.63) is 38.9 Å². The Kier molecular flexibility index (Phi) is 5.52. The lowest BCUT2D eigenvalue weighted by atomic mass is 9.98. The van der Waals surface area contributed by atoms with Gasteiger partial charge < -0.3 is 10.5 Å². The number of likely N-dealkylation sites (tertiary alicyclic amines) is 1. The van der Waals surface area contributed by atoms with E-state index in [2.05, 4.69) is 4.90 Å². The molecule has 21 heavy (non-hydrogen) atoms. The molecule has 2 rings (SSSR count). The molecule has 1 aliphatic heterocycles. The van der Waals surface area contributed by atoms with Crippen molar-refractivity contribution in [1.29, 1.82) is 0 Å². The number of halogens is 1. The average Bonchev–Trinajstić information content (AvgIpc) is 2.47. The molecule has 1 heterocycles. The van der Waals surface area contributed by atoms with Crippen molar-refractivity contribution in [1.82, 2.24) is 4.90 Å². The minimum Gasteiger partial charge on any atom is -0.381 e. The molecule has 1 saturated heterocycles. The fourth-order valence-corrected chi connectivity index (χ4v) is 3.00. The number of nitrogens with zero attached hydrogens (tertiary/aromatic N) is 2. The maximum absolute atomic E-state index is 11.1. The third kappa shape index (κ3) is 3.91. The summed E-state index contributed by atoms with van der Waals surface area (Å²) >= 11 is 5.97. The van der Waals surface area contributed by atoms with Gasteiger partial charge in [0.25, 0.3) is 5.69 Å². The van der Waals surface area contributed by atoms with E-state index >= 15 is 0 Å². The molecule has 1 aliphatic rings. The van der Waals surface area contributed by atoms with Gasteiger partial charge in [0.2, 0.25) is 0 Å². The Labute approximate surface area is 129 Å². The Bertz CT molecular complexity index is 512. The normalized spacial score (nSPS) is 23.2. The summed E-state index contributed by atoms with van der Waals surface area (Å²) in [5.41, 5.74) is 6.56.